The van der Waals surface area contributed by atoms with Crippen LogP contribution in [0.4, 0.5) is 0 Å². The average Bonchev–Trinajstić information content (AvgIpc) is 2.90. The van der Waals surface area contributed by atoms with Gasteiger partial charge in [0.2, 0.25) is 0 Å². The maximum Gasteiger partial charge on any atom is 0.276 e. The van der Waals surface area contributed by atoms with Crippen LogP contribution in [0.1, 0.15) is 22.4 Å². The van der Waals surface area contributed by atoms with Crippen LogP contribution in [0.3, 0.4) is 0 Å². The molecule has 0 atom stereocenters. The van der Waals surface area contributed by atoms with Gasteiger partial charge in [0.1, 0.15) is 5.15 Å². The van der Waals surface area contributed by atoms with Gasteiger partial charge >= 0.3 is 0 Å². The van der Waals surface area contributed by atoms with Crippen LogP contribution in [0.2, 0.25) is 5.15 Å². The molecule has 0 saturated carbocycles. The Morgan fingerprint density at radius 1 is 1.11 bits per heavy atom. The molecule has 8 heteroatoms. The molecule has 0 aliphatic heterocycles. The number of hydrazone groups is 1. The second kappa shape index (κ2) is 7.94. The molecule has 0 bridgehead atoms. The summed E-state index contributed by atoms with van der Waals surface area (Å²) in [6.45, 7) is 4.20. The normalized spacial score (nSPS) is 11.8. The summed E-state index contributed by atoms with van der Waals surface area (Å²) in [4.78, 5) is 2.35. The molecule has 0 radical (unpaired) electrons. The SMILES string of the molecule is Cc1ccc(S(=O)(=O)N/N=C\c2c(C)nn(Cc3ccccc3)c2Cl)cc1. The first-order valence-corrected chi connectivity index (χ1v) is 10.1. The first-order valence-electron chi connectivity index (χ1n) is 8.25. The maximum atomic E-state index is 12.3. The van der Waals surface area contributed by atoms with E-state index in [0.29, 0.717) is 23.0 Å². The molecule has 3 rings (SSSR count). The highest BCUT2D eigenvalue weighted by atomic mass is 35.5. The van der Waals surface area contributed by atoms with E-state index in [2.05, 4.69) is 15.0 Å². The van der Waals surface area contributed by atoms with Crippen molar-refractivity contribution in [2.24, 2.45) is 5.10 Å². The molecule has 27 heavy (non-hydrogen) atoms. The predicted octanol–water partition coefficient (Wildman–Crippen LogP) is 3.51. The van der Waals surface area contributed by atoms with Crippen LogP contribution in [-0.4, -0.2) is 24.4 Å². The molecule has 0 saturated heterocycles. The van der Waals surface area contributed by atoms with Gasteiger partial charge in [0.15, 0.2) is 0 Å². The second-order valence-electron chi connectivity index (χ2n) is 6.10. The van der Waals surface area contributed by atoms with Gasteiger partial charge in [-0.15, -0.1) is 0 Å². The lowest BCUT2D eigenvalue weighted by molar-refractivity contribution is 0.584. The van der Waals surface area contributed by atoms with Gasteiger partial charge in [-0.05, 0) is 31.5 Å². The number of sulfonamides is 1. The van der Waals surface area contributed by atoms with E-state index in [-0.39, 0.29) is 4.90 Å². The van der Waals surface area contributed by atoms with E-state index in [1.807, 2.05) is 37.3 Å². The first kappa shape index (κ1) is 19.1. The zero-order chi connectivity index (χ0) is 19.4. The molecule has 0 fully saturated rings. The molecule has 0 aliphatic rings. The Morgan fingerprint density at radius 2 is 1.78 bits per heavy atom. The Bertz CT molecular complexity index is 1060. The number of hydrogen-bond acceptors (Lipinski definition) is 4. The Hall–Kier alpha value is -2.64. The molecule has 1 heterocycles. The molecule has 0 aliphatic carbocycles. The van der Waals surface area contributed by atoms with E-state index in [1.165, 1.54) is 18.3 Å². The topological polar surface area (TPSA) is 76.3 Å². The molecular formula is C19H19ClN4O2S. The van der Waals surface area contributed by atoms with Crippen molar-refractivity contribution in [2.75, 3.05) is 0 Å². The number of rotatable bonds is 6. The second-order valence-corrected chi connectivity index (χ2v) is 8.12. The van der Waals surface area contributed by atoms with Crippen molar-refractivity contribution in [3.8, 4) is 0 Å². The van der Waals surface area contributed by atoms with Gasteiger partial charge < -0.3 is 0 Å². The Morgan fingerprint density at radius 3 is 2.44 bits per heavy atom. The summed E-state index contributed by atoms with van der Waals surface area (Å²) in [6.07, 6.45) is 1.37. The van der Waals surface area contributed by atoms with Gasteiger partial charge in [-0.25, -0.2) is 9.51 Å². The van der Waals surface area contributed by atoms with Gasteiger partial charge in [0.05, 0.1) is 28.9 Å². The minimum absolute atomic E-state index is 0.146. The fraction of sp³-hybridized carbons (Fsp3) is 0.158. The zero-order valence-electron chi connectivity index (χ0n) is 14.9. The van der Waals surface area contributed by atoms with Crippen LogP contribution in [0.15, 0.2) is 64.6 Å². The molecule has 0 amide bonds. The highest BCUT2D eigenvalue weighted by molar-refractivity contribution is 7.89. The summed E-state index contributed by atoms with van der Waals surface area (Å²) in [5.74, 6) is 0. The fourth-order valence-corrected chi connectivity index (χ4v) is 3.58. The van der Waals surface area contributed by atoms with Gasteiger partial charge in [0.25, 0.3) is 10.0 Å². The standard InChI is InChI=1S/C19H19ClN4O2S/c1-14-8-10-17(11-9-14)27(25,26)23-21-12-18-15(2)22-24(19(18)20)13-16-6-4-3-5-7-16/h3-12,23H,13H2,1-2H3/b21-12-. The number of benzene rings is 2. The minimum Gasteiger partial charge on any atom is -0.249 e. The van der Waals surface area contributed by atoms with Crippen LogP contribution in [0.25, 0.3) is 0 Å². The summed E-state index contributed by atoms with van der Waals surface area (Å²) in [5, 5.41) is 8.66. The van der Waals surface area contributed by atoms with E-state index in [1.54, 1.807) is 23.7 Å². The summed E-state index contributed by atoms with van der Waals surface area (Å²) in [7, 11) is -3.73. The zero-order valence-corrected chi connectivity index (χ0v) is 16.5. The molecule has 3 aromatic rings. The summed E-state index contributed by atoms with van der Waals surface area (Å²) >= 11 is 6.40. The van der Waals surface area contributed by atoms with Crippen molar-refractivity contribution in [1.29, 1.82) is 0 Å². The Kier molecular flexibility index (Phi) is 5.62. The van der Waals surface area contributed by atoms with E-state index in [0.717, 1.165) is 11.1 Å². The highest BCUT2D eigenvalue weighted by Crippen LogP contribution is 2.19. The molecule has 1 aromatic heterocycles. The monoisotopic (exact) mass is 402 g/mol. The predicted molar refractivity (Wildman–Crippen MR) is 107 cm³/mol. The summed E-state index contributed by atoms with van der Waals surface area (Å²) in [6, 6.07) is 16.3. The molecule has 2 aromatic carbocycles. The lowest BCUT2D eigenvalue weighted by atomic mass is 10.2. The Labute approximate surface area is 163 Å². The van der Waals surface area contributed by atoms with Gasteiger partial charge in [-0.2, -0.15) is 18.6 Å². The fourth-order valence-electron chi connectivity index (χ4n) is 2.51. The van der Waals surface area contributed by atoms with E-state index in [4.69, 9.17) is 11.6 Å². The smallest absolute Gasteiger partial charge is 0.249 e. The van der Waals surface area contributed by atoms with Crippen molar-refractivity contribution in [2.45, 2.75) is 25.3 Å². The van der Waals surface area contributed by atoms with Crippen molar-refractivity contribution in [3.63, 3.8) is 0 Å². The molecule has 1 N–H and O–H groups in total. The van der Waals surface area contributed by atoms with Crippen LogP contribution in [0, 0.1) is 13.8 Å². The molecule has 140 valence electrons. The van der Waals surface area contributed by atoms with E-state index < -0.39 is 10.0 Å². The number of nitrogens with one attached hydrogen (secondary N) is 1. The maximum absolute atomic E-state index is 12.3. The number of aryl methyl sites for hydroxylation is 2. The third-order valence-electron chi connectivity index (χ3n) is 3.98. The van der Waals surface area contributed by atoms with Crippen molar-refractivity contribution in [3.05, 3.63) is 82.1 Å². The van der Waals surface area contributed by atoms with E-state index >= 15 is 0 Å². The van der Waals surface area contributed by atoms with E-state index in [9.17, 15) is 8.42 Å². The number of hydrogen-bond donors (Lipinski definition) is 1. The minimum atomic E-state index is -3.73. The van der Waals surface area contributed by atoms with Crippen LogP contribution in [0.5, 0.6) is 0 Å². The molecule has 0 spiro atoms. The third-order valence-corrected chi connectivity index (χ3v) is 5.62. The first-order chi connectivity index (χ1) is 12.9. The van der Waals surface area contributed by atoms with Gasteiger partial charge in [0, 0.05) is 0 Å². The number of aromatic nitrogens is 2. The number of halogens is 1. The van der Waals surface area contributed by atoms with Crippen molar-refractivity contribution >= 4 is 27.8 Å². The largest absolute Gasteiger partial charge is 0.276 e. The third kappa shape index (κ3) is 4.56. The highest BCUT2D eigenvalue weighted by Gasteiger charge is 2.14. The molecule has 0 unspecified atom stereocenters. The van der Waals surface area contributed by atoms with Crippen LogP contribution >= 0.6 is 11.6 Å². The molecular weight excluding hydrogens is 384 g/mol. The summed E-state index contributed by atoms with van der Waals surface area (Å²) < 4.78 is 26.2. The lowest BCUT2D eigenvalue weighted by Crippen LogP contribution is -2.18. The van der Waals surface area contributed by atoms with Crippen LogP contribution in [-0.2, 0) is 16.6 Å². The van der Waals surface area contributed by atoms with Gasteiger partial charge in [-0.1, -0.05) is 59.6 Å². The number of nitrogens with zero attached hydrogens (tertiary/aromatic N) is 3. The van der Waals surface area contributed by atoms with Crippen molar-refractivity contribution in [1.82, 2.24) is 14.6 Å². The lowest BCUT2D eigenvalue weighted by Gasteiger charge is -2.04. The Balaban J connectivity index is 1.76. The van der Waals surface area contributed by atoms with Crippen LogP contribution < -0.4 is 4.83 Å². The summed E-state index contributed by atoms with van der Waals surface area (Å²) in [5.41, 5.74) is 3.27. The molecule has 6 nitrogen and oxygen atoms in total. The quantitative estimate of drug-likeness (QED) is 0.506. The average molecular weight is 403 g/mol. The van der Waals surface area contributed by atoms with Gasteiger partial charge in [-0.3, -0.25) is 0 Å². The van der Waals surface area contributed by atoms with Crippen molar-refractivity contribution < 1.29 is 8.42 Å².